The maximum Gasteiger partial charge on any atom is 0.317 e. The van der Waals surface area contributed by atoms with Crippen LogP contribution in [0.15, 0.2) is 24.3 Å². The molecule has 0 radical (unpaired) electrons. The van der Waals surface area contributed by atoms with Gasteiger partial charge in [0.1, 0.15) is 0 Å². The Bertz CT molecular complexity index is 632. The maximum atomic E-state index is 12.5. The summed E-state index contributed by atoms with van der Waals surface area (Å²) >= 11 is 0. The standard InChI is InChI=1S/C18H25N3O3/c1-12-6-4-5-7-13(12)9-19-18(23)21-10-14-8-15(16(11-21)24-14)17(22)20(2)3/h4-7,14-16H,8-11H2,1-3H3,(H,19,23)/t14-,15-,16-/m0/s1. The Morgan fingerprint density at radius 1 is 1.29 bits per heavy atom. The molecule has 1 aromatic rings. The summed E-state index contributed by atoms with van der Waals surface area (Å²) in [7, 11) is 3.52. The van der Waals surface area contributed by atoms with Gasteiger partial charge in [-0.05, 0) is 24.5 Å². The van der Waals surface area contributed by atoms with E-state index in [2.05, 4.69) is 5.32 Å². The van der Waals surface area contributed by atoms with Crippen LogP contribution in [0.1, 0.15) is 17.5 Å². The first kappa shape index (κ1) is 16.8. The number of carbonyl (C=O) groups is 2. The van der Waals surface area contributed by atoms with Crippen molar-refractivity contribution >= 4 is 11.9 Å². The lowest BCUT2D eigenvalue weighted by atomic mass is 9.99. The van der Waals surface area contributed by atoms with Gasteiger partial charge in [0.2, 0.25) is 5.91 Å². The normalized spacial score (nSPS) is 25.5. The SMILES string of the molecule is Cc1ccccc1CNC(=O)N1C[C@@H]2C[C@H](C(=O)N(C)C)[C@H](C1)O2. The summed E-state index contributed by atoms with van der Waals surface area (Å²) in [6.45, 7) is 3.57. The second-order valence-corrected chi connectivity index (χ2v) is 6.86. The fraction of sp³-hybridized carbons (Fsp3) is 0.556. The van der Waals surface area contributed by atoms with Crippen LogP contribution in [0.2, 0.25) is 0 Å². The molecule has 3 rings (SSSR count). The molecule has 2 saturated heterocycles. The van der Waals surface area contributed by atoms with Crippen LogP contribution in [-0.2, 0) is 16.1 Å². The van der Waals surface area contributed by atoms with E-state index in [1.54, 1.807) is 23.9 Å². The van der Waals surface area contributed by atoms with E-state index in [1.807, 2.05) is 31.2 Å². The van der Waals surface area contributed by atoms with Gasteiger partial charge in [-0.25, -0.2) is 4.79 Å². The predicted molar refractivity (Wildman–Crippen MR) is 90.4 cm³/mol. The third-order valence-electron chi connectivity index (χ3n) is 4.89. The Kier molecular flexibility index (Phi) is 4.76. The molecule has 3 amide bonds. The molecule has 24 heavy (non-hydrogen) atoms. The van der Waals surface area contributed by atoms with E-state index in [0.717, 1.165) is 11.1 Å². The lowest BCUT2D eigenvalue weighted by Crippen LogP contribution is -2.51. The first-order valence-corrected chi connectivity index (χ1v) is 8.39. The number of likely N-dealkylation sites (tertiary alicyclic amines) is 1. The topological polar surface area (TPSA) is 61.9 Å². The molecular formula is C18H25N3O3. The van der Waals surface area contributed by atoms with Gasteiger partial charge in [0.25, 0.3) is 0 Å². The minimum atomic E-state index is -0.192. The maximum absolute atomic E-state index is 12.5. The number of fused-ring (bicyclic) bond motifs is 2. The molecule has 1 aromatic carbocycles. The number of carbonyl (C=O) groups excluding carboxylic acids is 2. The van der Waals surface area contributed by atoms with Crippen LogP contribution in [-0.4, -0.2) is 61.1 Å². The molecule has 3 atom stereocenters. The first-order valence-electron chi connectivity index (χ1n) is 8.39. The Balaban J connectivity index is 1.58. The number of urea groups is 1. The van der Waals surface area contributed by atoms with Gasteiger partial charge in [-0.1, -0.05) is 24.3 Å². The van der Waals surface area contributed by atoms with E-state index in [0.29, 0.717) is 26.1 Å². The second kappa shape index (κ2) is 6.81. The van der Waals surface area contributed by atoms with Crippen molar-refractivity contribution in [2.75, 3.05) is 27.2 Å². The summed E-state index contributed by atoms with van der Waals surface area (Å²) in [5.74, 6) is -0.0520. The van der Waals surface area contributed by atoms with E-state index in [-0.39, 0.29) is 30.1 Å². The predicted octanol–water partition coefficient (Wildman–Crippen LogP) is 1.38. The van der Waals surface area contributed by atoms with Crippen molar-refractivity contribution in [1.82, 2.24) is 15.1 Å². The Morgan fingerprint density at radius 2 is 2.04 bits per heavy atom. The molecule has 0 aromatic heterocycles. The van der Waals surface area contributed by atoms with Gasteiger partial charge in [0.05, 0.1) is 18.1 Å². The Labute approximate surface area is 142 Å². The lowest BCUT2D eigenvalue weighted by Gasteiger charge is -2.33. The van der Waals surface area contributed by atoms with E-state index in [4.69, 9.17) is 4.74 Å². The van der Waals surface area contributed by atoms with Crippen molar-refractivity contribution in [2.24, 2.45) is 5.92 Å². The van der Waals surface area contributed by atoms with E-state index in [1.165, 1.54) is 0 Å². The number of nitrogens with zero attached hydrogens (tertiary/aromatic N) is 2. The number of benzene rings is 1. The van der Waals surface area contributed by atoms with Gasteiger partial charge in [-0.15, -0.1) is 0 Å². The number of amides is 3. The molecule has 6 heteroatoms. The summed E-state index contributed by atoms with van der Waals surface area (Å²) in [4.78, 5) is 28.1. The van der Waals surface area contributed by atoms with Crippen LogP contribution in [0, 0.1) is 12.8 Å². The van der Waals surface area contributed by atoms with Crippen LogP contribution in [0.3, 0.4) is 0 Å². The van der Waals surface area contributed by atoms with Gasteiger partial charge < -0.3 is 19.9 Å². The van der Waals surface area contributed by atoms with E-state index < -0.39 is 0 Å². The number of aryl methyl sites for hydroxylation is 1. The second-order valence-electron chi connectivity index (χ2n) is 6.86. The molecule has 0 saturated carbocycles. The molecule has 0 spiro atoms. The van der Waals surface area contributed by atoms with Gasteiger partial charge in [-0.3, -0.25) is 4.79 Å². The molecule has 1 N–H and O–H groups in total. The van der Waals surface area contributed by atoms with Gasteiger partial charge in [-0.2, -0.15) is 0 Å². The zero-order valence-electron chi connectivity index (χ0n) is 14.5. The van der Waals surface area contributed by atoms with Crippen molar-refractivity contribution in [3.05, 3.63) is 35.4 Å². The molecule has 2 aliphatic heterocycles. The largest absolute Gasteiger partial charge is 0.370 e. The molecule has 2 heterocycles. The number of ether oxygens (including phenoxy) is 1. The van der Waals surface area contributed by atoms with E-state index >= 15 is 0 Å². The number of hydrogen-bond donors (Lipinski definition) is 1. The van der Waals surface area contributed by atoms with Gasteiger partial charge in [0.15, 0.2) is 0 Å². The smallest absolute Gasteiger partial charge is 0.317 e. The summed E-state index contributed by atoms with van der Waals surface area (Å²) in [6.07, 6.45) is 0.466. The lowest BCUT2D eigenvalue weighted by molar-refractivity contribution is -0.135. The van der Waals surface area contributed by atoms with Crippen molar-refractivity contribution in [2.45, 2.75) is 32.1 Å². The molecule has 6 nitrogen and oxygen atoms in total. The molecule has 0 unspecified atom stereocenters. The number of hydrogen-bond acceptors (Lipinski definition) is 3. The molecule has 130 valence electrons. The molecule has 0 aliphatic carbocycles. The number of rotatable bonds is 3. The highest BCUT2D eigenvalue weighted by molar-refractivity contribution is 5.80. The van der Waals surface area contributed by atoms with Gasteiger partial charge in [0, 0.05) is 33.7 Å². The van der Waals surface area contributed by atoms with Gasteiger partial charge >= 0.3 is 6.03 Å². The quantitative estimate of drug-likeness (QED) is 0.910. The summed E-state index contributed by atoms with van der Waals surface area (Å²) < 4.78 is 5.87. The van der Waals surface area contributed by atoms with Crippen LogP contribution in [0.5, 0.6) is 0 Å². The third-order valence-corrected chi connectivity index (χ3v) is 4.89. The minimum absolute atomic E-state index is 0.0399. The van der Waals surface area contributed by atoms with Crippen LogP contribution in [0.4, 0.5) is 4.79 Å². The molecule has 2 bridgehead atoms. The average molecular weight is 331 g/mol. The van der Waals surface area contributed by atoms with Crippen LogP contribution >= 0.6 is 0 Å². The monoisotopic (exact) mass is 331 g/mol. The zero-order valence-corrected chi connectivity index (χ0v) is 14.5. The average Bonchev–Trinajstić information content (AvgIpc) is 2.86. The van der Waals surface area contributed by atoms with Crippen LogP contribution < -0.4 is 5.32 Å². The summed E-state index contributed by atoms with van der Waals surface area (Å²) in [5, 5.41) is 2.98. The zero-order chi connectivity index (χ0) is 17.3. The van der Waals surface area contributed by atoms with E-state index in [9.17, 15) is 9.59 Å². The molecule has 2 fully saturated rings. The highest BCUT2D eigenvalue weighted by Crippen LogP contribution is 2.32. The first-order chi connectivity index (χ1) is 11.5. The molecular weight excluding hydrogens is 306 g/mol. The fourth-order valence-corrected chi connectivity index (χ4v) is 3.51. The highest BCUT2D eigenvalue weighted by atomic mass is 16.5. The third kappa shape index (κ3) is 3.38. The Morgan fingerprint density at radius 3 is 2.75 bits per heavy atom. The van der Waals surface area contributed by atoms with Crippen molar-refractivity contribution in [3.63, 3.8) is 0 Å². The highest BCUT2D eigenvalue weighted by Gasteiger charge is 2.46. The molecule has 2 aliphatic rings. The van der Waals surface area contributed by atoms with Crippen LogP contribution in [0.25, 0.3) is 0 Å². The number of nitrogens with one attached hydrogen (secondary N) is 1. The van der Waals surface area contributed by atoms with Crippen molar-refractivity contribution in [1.29, 1.82) is 0 Å². The summed E-state index contributed by atoms with van der Waals surface area (Å²) in [6, 6.07) is 7.93. The van der Waals surface area contributed by atoms with Crippen molar-refractivity contribution < 1.29 is 14.3 Å². The summed E-state index contributed by atoms with van der Waals surface area (Å²) in [5.41, 5.74) is 2.28. The fourth-order valence-electron chi connectivity index (χ4n) is 3.51. The van der Waals surface area contributed by atoms with Crippen molar-refractivity contribution in [3.8, 4) is 0 Å². The Hall–Kier alpha value is -2.08. The minimum Gasteiger partial charge on any atom is -0.370 e. The number of morpholine rings is 1.